The first-order valence-electron chi connectivity index (χ1n) is 5.36. The van der Waals surface area contributed by atoms with Gasteiger partial charge < -0.3 is 4.74 Å². The molecule has 0 atom stereocenters. The van der Waals surface area contributed by atoms with Crippen LogP contribution < -0.4 is 4.74 Å². The fourth-order valence-corrected chi connectivity index (χ4v) is 1.83. The molecule has 0 aliphatic carbocycles. The van der Waals surface area contributed by atoms with E-state index in [0.29, 0.717) is 0 Å². The van der Waals surface area contributed by atoms with Crippen molar-refractivity contribution in [1.82, 2.24) is 0 Å². The third-order valence-electron chi connectivity index (χ3n) is 2.92. The number of allylic oxidation sites excluding steroid dienone is 1. The zero-order valence-corrected chi connectivity index (χ0v) is 10.8. The smallest absolute Gasteiger partial charge is 0.243 e. The number of hydrogen-bond donors (Lipinski definition) is 0. The van der Waals surface area contributed by atoms with Crippen LogP contribution in [0.2, 0.25) is 0 Å². The van der Waals surface area contributed by atoms with Crippen molar-refractivity contribution < 1.29 is 9.66 Å². The number of hydrogen-bond acceptors (Lipinski definition) is 3. The first-order valence-corrected chi connectivity index (χ1v) is 5.36. The second-order valence-electron chi connectivity index (χ2n) is 4.11. The number of methoxy groups -OCH3 is 1. The number of benzene rings is 1. The Hall–Kier alpha value is -1.84. The summed E-state index contributed by atoms with van der Waals surface area (Å²) in [6.45, 7) is 7.33. The number of rotatable bonds is 3. The quantitative estimate of drug-likeness (QED) is 0.597. The largest absolute Gasteiger partial charge is 0.496 e. The Balaban J connectivity index is 3.38. The van der Waals surface area contributed by atoms with Crippen molar-refractivity contribution >= 4 is 6.08 Å². The molecule has 0 fully saturated rings. The number of aryl methyl sites for hydroxylation is 1. The van der Waals surface area contributed by atoms with Gasteiger partial charge in [-0.1, -0.05) is 0 Å². The Bertz CT molecular complexity index is 490. The number of ether oxygens (including phenoxy) is 1. The Morgan fingerprint density at radius 3 is 2.41 bits per heavy atom. The molecule has 0 aliphatic heterocycles. The summed E-state index contributed by atoms with van der Waals surface area (Å²) >= 11 is 0. The summed E-state index contributed by atoms with van der Waals surface area (Å²) in [4.78, 5) is 10.2. The summed E-state index contributed by atoms with van der Waals surface area (Å²) in [5.74, 6) is 0.846. The van der Waals surface area contributed by atoms with E-state index in [0.717, 1.165) is 28.0 Å². The molecule has 1 aromatic carbocycles. The average Bonchev–Trinajstić information content (AvgIpc) is 2.26. The van der Waals surface area contributed by atoms with Crippen LogP contribution >= 0.6 is 0 Å². The minimum absolute atomic E-state index is 0.136. The lowest BCUT2D eigenvalue weighted by Gasteiger charge is -2.13. The van der Waals surface area contributed by atoms with Gasteiger partial charge in [-0.15, -0.1) is 0 Å². The minimum Gasteiger partial charge on any atom is -0.496 e. The maximum Gasteiger partial charge on any atom is 0.243 e. The lowest BCUT2D eigenvalue weighted by Crippen LogP contribution is -1.98. The molecule has 4 heteroatoms. The summed E-state index contributed by atoms with van der Waals surface area (Å²) in [5, 5.41) is 10.6. The Kier molecular flexibility index (Phi) is 3.89. The van der Waals surface area contributed by atoms with Crippen LogP contribution in [-0.4, -0.2) is 12.0 Å². The molecule has 0 unspecified atom stereocenters. The highest BCUT2D eigenvalue weighted by molar-refractivity contribution is 5.61. The van der Waals surface area contributed by atoms with Crippen LogP contribution in [0, 0.1) is 30.9 Å². The van der Waals surface area contributed by atoms with E-state index in [1.165, 1.54) is 6.92 Å². The molecule has 0 saturated carbocycles. The van der Waals surface area contributed by atoms with Gasteiger partial charge in [0.15, 0.2) is 0 Å². The fraction of sp³-hybridized carbons (Fsp3) is 0.385. The summed E-state index contributed by atoms with van der Waals surface area (Å²) < 4.78 is 5.31. The number of nitro groups is 1. The lowest BCUT2D eigenvalue weighted by atomic mass is 9.98. The summed E-state index contributed by atoms with van der Waals surface area (Å²) in [6.07, 6.45) is 1.59. The van der Waals surface area contributed by atoms with E-state index < -0.39 is 0 Å². The molecule has 1 aromatic rings. The van der Waals surface area contributed by atoms with Gasteiger partial charge in [0.1, 0.15) is 5.75 Å². The van der Waals surface area contributed by atoms with Crippen molar-refractivity contribution in [3.63, 3.8) is 0 Å². The predicted octanol–water partition coefficient (Wildman–Crippen LogP) is 3.26. The van der Waals surface area contributed by atoms with Crippen LogP contribution in [0.25, 0.3) is 6.08 Å². The first-order chi connectivity index (χ1) is 7.88. The van der Waals surface area contributed by atoms with Gasteiger partial charge in [0.2, 0.25) is 5.70 Å². The Morgan fingerprint density at radius 1 is 1.35 bits per heavy atom. The lowest BCUT2D eigenvalue weighted by molar-refractivity contribution is -0.422. The molecule has 0 heterocycles. The molecule has 0 bridgehead atoms. The van der Waals surface area contributed by atoms with E-state index >= 15 is 0 Å². The second kappa shape index (κ2) is 4.99. The highest BCUT2D eigenvalue weighted by atomic mass is 16.6. The average molecular weight is 235 g/mol. The number of nitrogens with zero attached hydrogens (tertiary/aromatic N) is 1. The molecule has 17 heavy (non-hydrogen) atoms. The van der Waals surface area contributed by atoms with Crippen LogP contribution in [0.3, 0.4) is 0 Å². The minimum atomic E-state index is -0.381. The van der Waals surface area contributed by atoms with Crippen molar-refractivity contribution in [2.75, 3.05) is 7.11 Å². The van der Waals surface area contributed by atoms with Crippen molar-refractivity contribution in [3.05, 3.63) is 44.1 Å². The van der Waals surface area contributed by atoms with E-state index in [-0.39, 0.29) is 10.6 Å². The van der Waals surface area contributed by atoms with Crippen molar-refractivity contribution in [2.24, 2.45) is 0 Å². The SMILES string of the molecule is COc1c(C)cc(C=C(C)[N+](=O)[O-])c(C)c1C. The molecular formula is C13H17NO3. The van der Waals surface area contributed by atoms with Crippen LogP contribution in [0.4, 0.5) is 0 Å². The van der Waals surface area contributed by atoms with Gasteiger partial charge in [0.25, 0.3) is 0 Å². The van der Waals surface area contributed by atoms with Crippen molar-refractivity contribution in [2.45, 2.75) is 27.7 Å². The zero-order chi connectivity index (χ0) is 13.2. The van der Waals surface area contributed by atoms with E-state index in [2.05, 4.69) is 0 Å². The topological polar surface area (TPSA) is 52.4 Å². The van der Waals surface area contributed by atoms with Crippen LogP contribution in [0.1, 0.15) is 29.2 Å². The van der Waals surface area contributed by atoms with Gasteiger partial charge in [-0.25, -0.2) is 0 Å². The summed E-state index contributed by atoms with van der Waals surface area (Å²) in [6, 6.07) is 1.91. The molecule has 0 spiro atoms. The molecule has 0 aromatic heterocycles. The highest BCUT2D eigenvalue weighted by Crippen LogP contribution is 2.29. The summed E-state index contributed by atoms with van der Waals surface area (Å²) in [7, 11) is 1.63. The third-order valence-corrected chi connectivity index (χ3v) is 2.92. The van der Waals surface area contributed by atoms with Gasteiger partial charge >= 0.3 is 0 Å². The molecule has 0 amide bonds. The standard InChI is InChI=1S/C13H17NO3/c1-8-6-12(7-9(2)14(15)16)10(3)11(4)13(8)17-5/h6-7H,1-5H3. The van der Waals surface area contributed by atoms with Gasteiger partial charge in [-0.3, -0.25) is 10.1 Å². The monoisotopic (exact) mass is 235 g/mol. The van der Waals surface area contributed by atoms with Crippen LogP contribution in [0.15, 0.2) is 11.8 Å². The molecule has 0 saturated heterocycles. The predicted molar refractivity (Wildman–Crippen MR) is 67.9 cm³/mol. The normalized spacial score (nSPS) is 11.5. The summed E-state index contributed by atoms with van der Waals surface area (Å²) in [5.41, 5.74) is 4.02. The van der Waals surface area contributed by atoms with Gasteiger partial charge in [0.05, 0.1) is 12.0 Å². The molecular weight excluding hydrogens is 218 g/mol. The molecule has 0 aliphatic rings. The van der Waals surface area contributed by atoms with Crippen molar-refractivity contribution in [1.29, 1.82) is 0 Å². The molecule has 1 rings (SSSR count). The Labute approximate surface area is 101 Å². The maximum absolute atomic E-state index is 10.6. The van der Waals surface area contributed by atoms with Crippen molar-refractivity contribution in [3.8, 4) is 5.75 Å². The third kappa shape index (κ3) is 2.64. The van der Waals surface area contributed by atoms with Crippen LogP contribution in [-0.2, 0) is 0 Å². The second-order valence-corrected chi connectivity index (χ2v) is 4.11. The van der Waals surface area contributed by atoms with Crippen LogP contribution in [0.5, 0.6) is 5.75 Å². The van der Waals surface area contributed by atoms with Gasteiger partial charge in [-0.05, 0) is 49.1 Å². The zero-order valence-electron chi connectivity index (χ0n) is 10.8. The fourth-order valence-electron chi connectivity index (χ4n) is 1.83. The first kappa shape index (κ1) is 13.2. The Morgan fingerprint density at radius 2 is 1.94 bits per heavy atom. The molecule has 4 nitrogen and oxygen atoms in total. The molecule has 0 N–H and O–H groups in total. The van der Waals surface area contributed by atoms with E-state index in [4.69, 9.17) is 4.74 Å². The van der Waals surface area contributed by atoms with E-state index in [1.54, 1.807) is 13.2 Å². The van der Waals surface area contributed by atoms with E-state index in [9.17, 15) is 10.1 Å². The van der Waals surface area contributed by atoms with E-state index in [1.807, 2.05) is 26.8 Å². The molecule has 92 valence electrons. The van der Waals surface area contributed by atoms with Gasteiger partial charge in [-0.2, -0.15) is 0 Å². The van der Waals surface area contributed by atoms with Gasteiger partial charge in [0, 0.05) is 13.0 Å². The molecule has 0 radical (unpaired) electrons. The highest BCUT2D eigenvalue weighted by Gasteiger charge is 2.11. The maximum atomic E-state index is 10.6.